The number of nitrogens with two attached hydrogens (primary N) is 1. The van der Waals surface area contributed by atoms with Gasteiger partial charge >= 0.3 is 0 Å². The lowest BCUT2D eigenvalue weighted by molar-refractivity contribution is 0.0143. The molecule has 0 bridgehead atoms. The average molecular weight is 239 g/mol. The molecule has 0 radical (unpaired) electrons. The van der Waals surface area contributed by atoms with Crippen molar-refractivity contribution in [2.45, 2.75) is 26.6 Å². The van der Waals surface area contributed by atoms with Crippen molar-refractivity contribution < 1.29 is 14.2 Å². The van der Waals surface area contributed by atoms with Crippen molar-refractivity contribution in [1.29, 1.82) is 0 Å². The number of benzene rings is 1. The molecule has 0 spiro atoms. The summed E-state index contributed by atoms with van der Waals surface area (Å²) in [6.07, 6.45) is 0.242. The van der Waals surface area contributed by atoms with Crippen molar-refractivity contribution in [1.82, 2.24) is 0 Å². The van der Waals surface area contributed by atoms with Gasteiger partial charge in [0.2, 0.25) is 0 Å². The molecule has 0 atom stereocenters. The lowest BCUT2D eigenvalue weighted by Crippen LogP contribution is -2.09. The number of anilines is 1. The van der Waals surface area contributed by atoms with Crippen LogP contribution in [-0.4, -0.2) is 26.4 Å². The molecular weight excluding hydrogens is 218 g/mol. The van der Waals surface area contributed by atoms with Gasteiger partial charge in [-0.05, 0) is 31.5 Å². The highest BCUT2D eigenvalue weighted by Crippen LogP contribution is 2.18. The van der Waals surface area contributed by atoms with Crippen LogP contribution < -0.4 is 10.5 Å². The second-order valence-corrected chi connectivity index (χ2v) is 4.09. The molecule has 96 valence electrons. The van der Waals surface area contributed by atoms with Crippen molar-refractivity contribution in [2.24, 2.45) is 0 Å². The van der Waals surface area contributed by atoms with Gasteiger partial charge in [0.1, 0.15) is 5.75 Å². The maximum absolute atomic E-state index is 5.74. The van der Waals surface area contributed by atoms with Gasteiger partial charge in [-0.15, -0.1) is 0 Å². The van der Waals surface area contributed by atoms with Crippen molar-refractivity contribution in [3.05, 3.63) is 23.8 Å². The normalized spacial score (nSPS) is 10.8. The molecule has 4 nitrogen and oxygen atoms in total. The van der Waals surface area contributed by atoms with Crippen LogP contribution in [0.4, 0.5) is 5.69 Å². The molecule has 1 rings (SSSR count). The van der Waals surface area contributed by atoms with Gasteiger partial charge in [0.15, 0.2) is 0 Å². The van der Waals surface area contributed by atoms with E-state index in [1.165, 1.54) is 0 Å². The summed E-state index contributed by atoms with van der Waals surface area (Å²) in [4.78, 5) is 0. The van der Waals surface area contributed by atoms with Gasteiger partial charge in [-0.1, -0.05) is 0 Å². The molecule has 0 amide bonds. The first-order valence-corrected chi connectivity index (χ1v) is 5.74. The third kappa shape index (κ3) is 5.56. The summed E-state index contributed by atoms with van der Waals surface area (Å²) < 4.78 is 16.0. The van der Waals surface area contributed by atoms with Gasteiger partial charge < -0.3 is 19.9 Å². The largest absolute Gasteiger partial charge is 0.497 e. The van der Waals surface area contributed by atoms with Gasteiger partial charge in [-0.25, -0.2) is 0 Å². The van der Waals surface area contributed by atoms with Crippen molar-refractivity contribution in [2.75, 3.05) is 26.1 Å². The molecule has 0 aliphatic heterocycles. The molecule has 0 heterocycles. The van der Waals surface area contributed by atoms with Crippen LogP contribution in [0.1, 0.15) is 19.4 Å². The quantitative estimate of drug-likeness (QED) is 0.585. The van der Waals surface area contributed by atoms with Crippen LogP contribution in [0.5, 0.6) is 5.75 Å². The van der Waals surface area contributed by atoms with E-state index >= 15 is 0 Å². The standard InChI is InChI=1S/C13H21NO3/c1-10(2)17-5-4-16-9-11-6-12(14)8-13(7-11)15-3/h6-8,10H,4-5,9,14H2,1-3H3. The van der Waals surface area contributed by atoms with Crippen LogP contribution in [0.3, 0.4) is 0 Å². The van der Waals surface area contributed by atoms with E-state index in [-0.39, 0.29) is 6.10 Å². The van der Waals surface area contributed by atoms with Gasteiger partial charge in [0.25, 0.3) is 0 Å². The van der Waals surface area contributed by atoms with E-state index in [1.54, 1.807) is 13.2 Å². The van der Waals surface area contributed by atoms with Crippen LogP contribution in [0.2, 0.25) is 0 Å². The topological polar surface area (TPSA) is 53.7 Å². The van der Waals surface area contributed by atoms with E-state index in [1.807, 2.05) is 26.0 Å². The van der Waals surface area contributed by atoms with Gasteiger partial charge in [0.05, 0.1) is 33.0 Å². The summed E-state index contributed by atoms with van der Waals surface area (Å²) >= 11 is 0. The highest BCUT2D eigenvalue weighted by atomic mass is 16.5. The number of hydrogen-bond donors (Lipinski definition) is 1. The lowest BCUT2D eigenvalue weighted by Gasteiger charge is -2.09. The van der Waals surface area contributed by atoms with Crippen LogP contribution in [0.15, 0.2) is 18.2 Å². The number of methoxy groups -OCH3 is 1. The van der Waals surface area contributed by atoms with Crippen LogP contribution >= 0.6 is 0 Å². The van der Waals surface area contributed by atoms with Crippen LogP contribution in [-0.2, 0) is 16.1 Å². The molecule has 0 unspecified atom stereocenters. The fourth-order valence-corrected chi connectivity index (χ4v) is 1.42. The maximum Gasteiger partial charge on any atom is 0.121 e. The van der Waals surface area contributed by atoms with Crippen LogP contribution in [0.25, 0.3) is 0 Å². The van der Waals surface area contributed by atoms with E-state index in [9.17, 15) is 0 Å². The Morgan fingerprint density at radius 2 is 1.94 bits per heavy atom. The minimum absolute atomic E-state index is 0.242. The molecule has 4 heteroatoms. The average Bonchev–Trinajstić information content (AvgIpc) is 2.27. The lowest BCUT2D eigenvalue weighted by atomic mass is 10.2. The molecule has 0 fully saturated rings. The minimum Gasteiger partial charge on any atom is -0.497 e. The zero-order valence-corrected chi connectivity index (χ0v) is 10.7. The third-order valence-corrected chi connectivity index (χ3v) is 2.17. The summed E-state index contributed by atoms with van der Waals surface area (Å²) in [6.45, 7) is 5.71. The molecular formula is C13H21NO3. The van der Waals surface area contributed by atoms with E-state index in [4.69, 9.17) is 19.9 Å². The molecule has 2 N–H and O–H groups in total. The van der Waals surface area contributed by atoms with E-state index in [0.29, 0.717) is 25.5 Å². The Morgan fingerprint density at radius 1 is 1.18 bits per heavy atom. The predicted molar refractivity (Wildman–Crippen MR) is 68.2 cm³/mol. The van der Waals surface area contributed by atoms with Crippen molar-refractivity contribution >= 4 is 5.69 Å². The van der Waals surface area contributed by atoms with Crippen LogP contribution in [0, 0.1) is 0 Å². The zero-order valence-electron chi connectivity index (χ0n) is 10.7. The maximum atomic E-state index is 5.74. The summed E-state index contributed by atoms with van der Waals surface area (Å²) in [5.74, 6) is 0.752. The Balaban J connectivity index is 2.33. The van der Waals surface area contributed by atoms with Crippen molar-refractivity contribution in [3.8, 4) is 5.75 Å². The first-order chi connectivity index (χ1) is 8.11. The second kappa shape index (κ2) is 7.14. The number of hydrogen-bond acceptors (Lipinski definition) is 4. The van der Waals surface area contributed by atoms with Crippen molar-refractivity contribution in [3.63, 3.8) is 0 Å². The third-order valence-electron chi connectivity index (χ3n) is 2.17. The first-order valence-electron chi connectivity index (χ1n) is 5.74. The van der Waals surface area contributed by atoms with E-state index in [0.717, 1.165) is 11.3 Å². The molecule has 0 aliphatic rings. The first kappa shape index (κ1) is 13.8. The fourth-order valence-electron chi connectivity index (χ4n) is 1.42. The summed E-state index contributed by atoms with van der Waals surface area (Å²) in [7, 11) is 1.62. The summed E-state index contributed by atoms with van der Waals surface area (Å²) in [5, 5.41) is 0. The summed E-state index contributed by atoms with van der Waals surface area (Å²) in [5.41, 5.74) is 7.43. The predicted octanol–water partition coefficient (Wildman–Crippen LogP) is 2.22. The molecule has 1 aromatic rings. The van der Waals surface area contributed by atoms with E-state index in [2.05, 4.69) is 0 Å². The van der Waals surface area contributed by atoms with E-state index < -0.39 is 0 Å². The molecule has 1 aromatic carbocycles. The molecule has 17 heavy (non-hydrogen) atoms. The Hall–Kier alpha value is -1.26. The Kier molecular flexibility index (Phi) is 5.80. The molecule has 0 aromatic heterocycles. The summed E-state index contributed by atoms with van der Waals surface area (Å²) in [6, 6.07) is 5.58. The highest BCUT2D eigenvalue weighted by Gasteiger charge is 2.00. The number of ether oxygens (including phenoxy) is 3. The Labute approximate surface area is 103 Å². The Morgan fingerprint density at radius 3 is 2.59 bits per heavy atom. The smallest absolute Gasteiger partial charge is 0.121 e. The molecule has 0 saturated carbocycles. The SMILES string of the molecule is COc1cc(N)cc(COCCOC(C)C)c1. The minimum atomic E-state index is 0.242. The van der Waals surface area contributed by atoms with Gasteiger partial charge in [0, 0.05) is 11.8 Å². The highest BCUT2D eigenvalue weighted by molar-refractivity contribution is 5.47. The van der Waals surface area contributed by atoms with Gasteiger partial charge in [-0.3, -0.25) is 0 Å². The fraction of sp³-hybridized carbons (Fsp3) is 0.538. The molecule has 0 saturated heterocycles. The monoisotopic (exact) mass is 239 g/mol. The zero-order chi connectivity index (χ0) is 12.7. The molecule has 0 aliphatic carbocycles. The number of nitrogen functional groups attached to an aromatic ring is 1. The second-order valence-electron chi connectivity index (χ2n) is 4.09. The van der Waals surface area contributed by atoms with Gasteiger partial charge in [-0.2, -0.15) is 0 Å². The number of rotatable bonds is 7. The Bertz CT molecular complexity index is 339.